The molecule has 2 heterocycles. The monoisotopic (exact) mass is 327 g/mol. The number of unbranched alkanes of at least 4 members (excludes halogenated alkanes) is 1. The van der Waals surface area contributed by atoms with Crippen molar-refractivity contribution in [2.75, 3.05) is 6.61 Å². The molecule has 0 aliphatic carbocycles. The maximum Gasteiger partial charge on any atom is 0.210 e. The fourth-order valence-corrected chi connectivity index (χ4v) is 3.59. The third-order valence-electron chi connectivity index (χ3n) is 3.87. The Morgan fingerprint density at radius 1 is 1.43 bits per heavy atom. The van der Waals surface area contributed by atoms with Crippen LogP contribution in [0.3, 0.4) is 0 Å². The van der Waals surface area contributed by atoms with Crippen LogP contribution in [0.4, 0.5) is 0 Å². The van der Waals surface area contributed by atoms with Gasteiger partial charge in [-0.25, -0.2) is 0 Å². The van der Waals surface area contributed by atoms with Gasteiger partial charge in [0.15, 0.2) is 5.43 Å². The van der Waals surface area contributed by atoms with E-state index in [0.717, 1.165) is 29.1 Å². The number of ether oxygens (including phenoxy) is 1. The first kappa shape index (κ1) is 15.7. The van der Waals surface area contributed by atoms with Gasteiger partial charge in [0.1, 0.15) is 17.6 Å². The van der Waals surface area contributed by atoms with E-state index >= 15 is 0 Å². The van der Waals surface area contributed by atoms with Crippen molar-refractivity contribution in [2.45, 2.75) is 37.3 Å². The van der Waals surface area contributed by atoms with Crippen LogP contribution in [0.5, 0.6) is 5.75 Å². The third kappa shape index (κ3) is 2.87. The SMILES string of the molecule is CCCCOc1ccc2c(c1)SCc1c-2oc(C#N)c(C)c1=O. The van der Waals surface area contributed by atoms with E-state index in [4.69, 9.17) is 14.4 Å². The Morgan fingerprint density at radius 2 is 2.26 bits per heavy atom. The summed E-state index contributed by atoms with van der Waals surface area (Å²) in [6, 6.07) is 7.73. The fraction of sp³-hybridized carbons (Fsp3) is 0.333. The van der Waals surface area contributed by atoms with Gasteiger partial charge in [0.25, 0.3) is 0 Å². The van der Waals surface area contributed by atoms with Crippen LogP contribution in [0.1, 0.15) is 36.7 Å². The quantitative estimate of drug-likeness (QED) is 0.785. The van der Waals surface area contributed by atoms with Gasteiger partial charge in [0.2, 0.25) is 5.76 Å². The van der Waals surface area contributed by atoms with Gasteiger partial charge in [-0.15, -0.1) is 11.8 Å². The zero-order valence-corrected chi connectivity index (χ0v) is 14.0. The van der Waals surface area contributed by atoms with Crippen molar-refractivity contribution < 1.29 is 9.15 Å². The molecule has 0 spiro atoms. The molecule has 0 fully saturated rings. The van der Waals surface area contributed by atoms with Crippen LogP contribution >= 0.6 is 11.8 Å². The van der Waals surface area contributed by atoms with E-state index in [9.17, 15) is 4.79 Å². The summed E-state index contributed by atoms with van der Waals surface area (Å²) < 4.78 is 11.4. The van der Waals surface area contributed by atoms with E-state index in [1.165, 1.54) is 0 Å². The molecule has 23 heavy (non-hydrogen) atoms. The summed E-state index contributed by atoms with van der Waals surface area (Å²) in [5, 5.41) is 9.15. The van der Waals surface area contributed by atoms with Crippen molar-refractivity contribution in [1.82, 2.24) is 0 Å². The number of benzene rings is 1. The molecule has 1 aromatic heterocycles. The second kappa shape index (κ2) is 6.51. The topological polar surface area (TPSA) is 63.2 Å². The second-order valence-electron chi connectivity index (χ2n) is 5.45. The molecule has 0 N–H and O–H groups in total. The van der Waals surface area contributed by atoms with Gasteiger partial charge in [-0.2, -0.15) is 5.26 Å². The lowest BCUT2D eigenvalue weighted by Gasteiger charge is -2.19. The Kier molecular flexibility index (Phi) is 4.44. The molecule has 0 unspecified atom stereocenters. The van der Waals surface area contributed by atoms with Crippen molar-refractivity contribution in [3.8, 4) is 23.1 Å². The van der Waals surface area contributed by atoms with E-state index in [-0.39, 0.29) is 11.2 Å². The van der Waals surface area contributed by atoms with Gasteiger partial charge < -0.3 is 9.15 Å². The number of thioether (sulfide) groups is 1. The maximum atomic E-state index is 12.4. The lowest BCUT2D eigenvalue weighted by Crippen LogP contribution is -2.16. The summed E-state index contributed by atoms with van der Waals surface area (Å²) in [6.07, 6.45) is 2.11. The first-order chi connectivity index (χ1) is 11.2. The van der Waals surface area contributed by atoms with Crippen LogP contribution < -0.4 is 10.2 Å². The molecule has 1 aliphatic heterocycles. The highest BCUT2D eigenvalue weighted by atomic mass is 32.2. The predicted octanol–water partition coefficient (Wildman–Crippen LogP) is 4.27. The predicted molar refractivity (Wildman–Crippen MR) is 89.8 cm³/mol. The zero-order valence-electron chi connectivity index (χ0n) is 13.1. The summed E-state index contributed by atoms with van der Waals surface area (Å²) in [4.78, 5) is 13.4. The van der Waals surface area contributed by atoms with Crippen LogP contribution in [0.15, 0.2) is 32.3 Å². The van der Waals surface area contributed by atoms with E-state index in [2.05, 4.69) is 6.92 Å². The molecule has 0 bridgehead atoms. The van der Waals surface area contributed by atoms with Gasteiger partial charge >= 0.3 is 0 Å². The molecule has 4 nitrogen and oxygen atoms in total. The Bertz CT molecular complexity index is 849. The normalized spacial score (nSPS) is 12.2. The van der Waals surface area contributed by atoms with E-state index in [0.29, 0.717) is 29.2 Å². The second-order valence-corrected chi connectivity index (χ2v) is 6.47. The van der Waals surface area contributed by atoms with Gasteiger partial charge in [0.05, 0.1) is 17.7 Å². The summed E-state index contributed by atoms with van der Waals surface area (Å²) in [5.74, 6) is 1.99. The summed E-state index contributed by atoms with van der Waals surface area (Å²) in [5.41, 5.74) is 1.78. The molecule has 2 aromatic rings. The lowest BCUT2D eigenvalue weighted by molar-refractivity contribution is 0.308. The van der Waals surface area contributed by atoms with Crippen LogP contribution in [0.2, 0.25) is 0 Å². The summed E-state index contributed by atoms with van der Waals surface area (Å²) in [7, 11) is 0. The summed E-state index contributed by atoms with van der Waals surface area (Å²) >= 11 is 1.60. The lowest BCUT2D eigenvalue weighted by atomic mass is 10.0. The zero-order chi connectivity index (χ0) is 16.4. The molecule has 1 aliphatic rings. The smallest absolute Gasteiger partial charge is 0.210 e. The number of nitrogens with zero attached hydrogens (tertiary/aromatic N) is 1. The average Bonchev–Trinajstić information content (AvgIpc) is 2.57. The average molecular weight is 327 g/mol. The molecular weight excluding hydrogens is 310 g/mol. The molecule has 0 radical (unpaired) electrons. The number of hydrogen-bond acceptors (Lipinski definition) is 5. The number of fused-ring (bicyclic) bond motifs is 3. The summed E-state index contributed by atoms with van der Waals surface area (Å²) in [6.45, 7) is 4.46. The van der Waals surface area contributed by atoms with Crippen LogP contribution in [0, 0.1) is 18.3 Å². The van der Waals surface area contributed by atoms with Crippen molar-refractivity contribution in [2.24, 2.45) is 0 Å². The maximum absolute atomic E-state index is 12.4. The number of rotatable bonds is 4. The Hall–Kier alpha value is -2.19. The van der Waals surface area contributed by atoms with Crippen molar-refractivity contribution in [3.05, 3.63) is 45.3 Å². The molecule has 0 saturated carbocycles. The standard InChI is InChI=1S/C18H17NO3S/c1-3-4-7-21-12-5-6-13-16(8-12)23-10-14-17(20)11(2)15(9-19)22-18(13)14/h5-6,8H,3-4,7,10H2,1-2H3. The minimum absolute atomic E-state index is 0.0925. The molecule has 0 saturated heterocycles. The van der Waals surface area contributed by atoms with Gasteiger partial charge in [-0.1, -0.05) is 13.3 Å². The van der Waals surface area contributed by atoms with E-state index in [1.54, 1.807) is 18.7 Å². The Balaban J connectivity index is 2.03. The van der Waals surface area contributed by atoms with Crippen LogP contribution in [0.25, 0.3) is 11.3 Å². The Morgan fingerprint density at radius 3 is 3.00 bits per heavy atom. The van der Waals surface area contributed by atoms with Crippen molar-refractivity contribution in [3.63, 3.8) is 0 Å². The molecule has 3 rings (SSSR count). The van der Waals surface area contributed by atoms with Gasteiger partial charge in [-0.05, 0) is 31.5 Å². The van der Waals surface area contributed by atoms with E-state index < -0.39 is 0 Å². The molecule has 118 valence electrons. The molecule has 0 amide bonds. The fourth-order valence-electron chi connectivity index (χ4n) is 2.51. The first-order valence-electron chi connectivity index (χ1n) is 7.62. The Labute approximate surface area is 139 Å². The van der Waals surface area contributed by atoms with Crippen molar-refractivity contribution in [1.29, 1.82) is 5.26 Å². The first-order valence-corrected chi connectivity index (χ1v) is 8.61. The van der Waals surface area contributed by atoms with Crippen LogP contribution in [-0.4, -0.2) is 6.61 Å². The van der Waals surface area contributed by atoms with Gasteiger partial charge in [-0.3, -0.25) is 4.79 Å². The minimum atomic E-state index is -0.0933. The molecule has 0 atom stereocenters. The number of nitriles is 1. The largest absolute Gasteiger partial charge is 0.494 e. The molecule has 5 heteroatoms. The molecular formula is C18H17NO3S. The van der Waals surface area contributed by atoms with Crippen molar-refractivity contribution >= 4 is 11.8 Å². The molecule has 1 aromatic carbocycles. The number of hydrogen-bond donors (Lipinski definition) is 0. The van der Waals surface area contributed by atoms with Gasteiger partial charge in [0, 0.05) is 16.2 Å². The minimum Gasteiger partial charge on any atom is -0.494 e. The highest BCUT2D eigenvalue weighted by Crippen LogP contribution is 2.42. The highest BCUT2D eigenvalue weighted by molar-refractivity contribution is 7.98. The third-order valence-corrected chi connectivity index (χ3v) is 4.95. The van der Waals surface area contributed by atoms with E-state index in [1.807, 2.05) is 24.3 Å². The highest BCUT2D eigenvalue weighted by Gasteiger charge is 2.24. The van der Waals surface area contributed by atoms with Crippen LogP contribution in [-0.2, 0) is 5.75 Å².